The van der Waals surface area contributed by atoms with Crippen molar-refractivity contribution in [2.75, 3.05) is 11.2 Å². The lowest BCUT2D eigenvalue weighted by Crippen LogP contribution is -2.43. The SMILES string of the molecule is Cc1nnc2n(c1=O)NC(O)CS2. The summed E-state index contributed by atoms with van der Waals surface area (Å²) in [5.41, 5.74) is 2.65. The molecule has 2 heterocycles. The van der Waals surface area contributed by atoms with Gasteiger partial charge in [-0.15, -0.1) is 10.2 Å². The number of rotatable bonds is 0. The van der Waals surface area contributed by atoms with Crippen molar-refractivity contribution in [2.24, 2.45) is 0 Å². The predicted octanol–water partition coefficient (Wildman–Crippen LogP) is -1.09. The lowest BCUT2D eigenvalue weighted by Gasteiger charge is -2.22. The van der Waals surface area contributed by atoms with Crippen LogP contribution in [0.5, 0.6) is 0 Å². The van der Waals surface area contributed by atoms with Gasteiger partial charge in [-0.25, -0.2) is 0 Å². The number of aliphatic hydroxyl groups is 1. The van der Waals surface area contributed by atoms with E-state index in [1.165, 1.54) is 16.4 Å². The molecule has 0 aliphatic carbocycles. The third-order valence-corrected chi connectivity index (χ3v) is 2.64. The highest BCUT2D eigenvalue weighted by Crippen LogP contribution is 2.16. The van der Waals surface area contributed by atoms with E-state index in [4.69, 9.17) is 0 Å². The van der Waals surface area contributed by atoms with Crippen molar-refractivity contribution in [3.05, 3.63) is 16.0 Å². The Morgan fingerprint density at radius 3 is 3.23 bits per heavy atom. The lowest BCUT2D eigenvalue weighted by atomic mass is 10.5. The molecular weight excluding hydrogens is 192 g/mol. The highest BCUT2D eigenvalue weighted by Gasteiger charge is 2.18. The Kier molecular flexibility index (Phi) is 1.97. The third-order valence-electron chi connectivity index (χ3n) is 1.64. The van der Waals surface area contributed by atoms with Gasteiger partial charge in [0.05, 0.1) is 0 Å². The van der Waals surface area contributed by atoms with Gasteiger partial charge in [-0.1, -0.05) is 11.8 Å². The van der Waals surface area contributed by atoms with Gasteiger partial charge in [-0.2, -0.15) is 4.68 Å². The van der Waals surface area contributed by atoms with Crippen LogP contribution < -0.4 is 11.0 Å². The number of aryl methyl sites for hydroxylation is 1. The maximum absolute atomic E-state index is 11.4. The van der Waals surface area contributed by atoms with Gasteiger partial charge < -0.3 is 5.11 Å². The molecule has 0 fully saturated rings. The van der Waals surface area contributed by atoms with E-state index >= 15 is 0 Å². The number of nitrogens with zero attached hydrogens (tertiary/aromatic N) is 3. The van der Waals surface area contributed by atoms with Gasteiger partial charge in [0, 0.05) is 5.75 Å². The molecule has 70 valence electrons. The summed E-state index contributed by atoms with van der Waals surface area (Å²) in [5.74, 6) is 0.469. The summed E-state index contributed by atoms with van der Waals surface area (Å²) < 4.78 is 1.22. The van der Waals surface area contributed by atoms with Crippen molar-refractivity contribution in [3.63, 3.8) is 0 Å². The third kappa shape index (κ3) is 1.40. The molecule has 1 aliphatic heterocycles. The van der Waals surface area contributed by atoms with Gasteiger partial charge in [0.1, 0.15) is 11.9 Å². The van der Waals surface area contributed by atoms with E-state index in [9.17, 15) is 9.90 Å². The highest BCUT2D eigenvalue weighted by atomic mass is 32.2. The minimum absolute atomic E-state index is 0.267. The summed E-state index contributed by atoms with van der Waals surface area (Å²) in [6.07, 6.45) is -0.709. The predicted molar refractivity (Wildman–Crippen MR) is 47.1 cm³/mol. The van der Waals surface area contributed by atoms with Crippen molar-refractivity contribution in [2.45, 2.75) is 18.3 Å². The van der Waals surface area contributed by atoms with Crippen LogP contribution >= 0.6 is 11.8 Å². The first-order valence-corrected chi connectivity index (χ1v) is 4.71. The molecule has 7 heteroatoms. The fourth-order valence-electron chi connectivity index (χ4n) is 1.00. The average molecular weight is 200 g/mol. The van der Waals surface area contributed by atoms with Gasteiger partial charge in [0.25, 0.3) is 5.56 Å². The summed E-state index contributed by atoms with van der Waals surface area (Å²) in [6, 6.07) is 0. The number of nitrogens with one attached hydrogen (secondary N) is 1. The van der Waals surface area contributed by atoms with Crippen LogP contribution in [0.4, 0.5) is 0 Å². The zero-order valence-electron chi connectivity index (χ0n) is 6.89. The van der Waals surface area contributed by atoms with Crippen LogP contribution in [0, 0.1) is 6.92 Å². The van der Waals surface area contributed by atoms with Crippen LogP contribution in [0.15, 0.2) is 9.95 Å². The van der Waals surface area contributed by atoms with Crippen LogP contribution in [0.1, 0.15) is 5.69 Å². The molecule has 1 atom stereocenters. The molecule has 6 nitrogen and oxygen atoms in total. The molecule has 13 heavy (non-hydrogen) atoms. The number of hydrogen-bond donors (Lipinski definition) is 2. The normalized spacial score (nSPS) is 20.6. The van der Waals surface area contributed by atoms with E-state index in [1.54, 1.807) is 6.92 Å². The Balaban J connectivity index is 2.55. The summed E-state index contributed by atoms with van der Waals surface area (Å²) in [7, 11) is 0. The number of aromatic nitrogens is 3. The van der Waals surface area contributed by atoms with Crippen LogP contribution in [-0.4, -0.2) is 32.0 Å². The fraction of sp³-hybridized carbons (Fsp3) is 0.500. The second kappa shape index (κ2) is 3.00. The molecule has 0 bridgehead atoms. The maximum atomic E-state index is 11.4. The first-order chi connectivity index (χ1) is 6.18. The van der Waals surface area contributed by atoms with Crippen molar-refractivity contribution in [3.8, 4) is 0 Å². The van der Waals surface area contributed by atoms with Crippen molar-refractivity contribution in [1.82, 2.24) is 14.9 Å². The Hall–Kier alpha value is -1.08. The molecule has 0 aromatic carbocycles. The van der Waals surface area contributed by atoms with Gasteiger partial charge in [0.15, 0.2) is 0 Å². The van der Waals surface area contributed by atoms with Gasteiger partial charge >= 0.3 is 0 Å². The molecule has 1 aromatic rings. The van der Waals surface area contributed by atoms with Gasteiger partial charge in [-0.05, 0) is 6.92 Å². The van der Waals surface area contributed by atoms with E-state index < -0.39 is 6.23 Å². The topological polar surface area (TPSA) is 80.0 Å². The summed E-state index contributed by atoms with van der Waals surface area (Å²) in [4.78, 5) is 11.4. The quantitative estimate of drug-likeness (QED) is 0.554. The van der Waals surface area contributed by atoms with E-state index in [0.29, 0.717) is 16.6 Å². The summed E-state index contributed by atoms with van der Waals surface area (Å²) >= 11 is 1.30. The average Bonchev–Trinajstić information content (AvgIpc) is 2.12. The minimum Gasteiger partial charge on any atom is -0.372 e. The van der Waals surface area contributed by atoms with Crippen LogP contribution in [0.2, 0.25) is 0 Å². The van der Waals surface area contributed by atoms with Crippen molar-refractivity contribution < 1.29 is 5.11 Å². The number of thioether (sulfide) groups is 1. The van der Waals surface area contributed by atoms with E-state index in [1.807, 2.05) is 0 Å². The zero-order chi connectivity index (χ0) is 9.42. The smallest absolute Gasteiger partial charge is 0.294 e. The molecule has 2 rings (SSSR count). The standard InChI is InChI=1S/C6H8N4O2S/c1-3-5(12)10-6(8-7-3)13-2-4(11)9-10/h4,9,11H,2H2,1H3. The Bertz CT molecular complexity index is 391. The number of hydrogen-bond acceptors (Lipinski definition) is 6. The lowest BCUT2D eigenvalue weighted by molar-refractivity contribution is 0.204. The van der Waals surface area contributed by atoms with Crippen LogP contribution in [-0.2, 0) is 0 Å². The molecule has 0 amide bonds. The Morgan fingerprint density at radius 1 is 1.69 bits per heavy atom. The van der Waals surface area contributed by atoms with Crippen LogP contribution in [0.3, 0.4) is 0 Å². The second-order valence-corrected chi connectivity index (χ2v) is 3.65. The van der Waals surface area contributed by atoms with Gasteiger partial charge in [0.2, 0.25) is 5.16 Å². The molecule has 1 unspecified atom stereocenters. The molecule has 0 saturated heterocycles. The van der Waals surface area contributed by atoms with Crippen molar-refractivity contribution >= 4 is 11.8 Å². The molecule has 0 saturated carbocycles. The Labute approximate surface area is 78.0 Å². The van der Waals surface area contributed by atoms with Crippen molar-refractivity contribution in [1.29, 1.82) is 0 Å². The molecule has 0 spiro atoms. The number of fused-ring (bicyclic) bond motifs is 1. The monoisotopic (exact) mass is 200 g/mol. The first-order valence-electron chi connectivity index (χ1n) is 3.72. The molecular formula is C6H8N4O2S. The molecule has 2 N–H and O–H groups in total. The van der Waals surface area contributed by atoms with Gasteiger partial charge in [-0.3, -0.25) is 10.2 Å². The molecule has 1 aliphatic rings. The zero-order valence-corrected chi connectivity index (χ0v) is 7.71. The first kappa shape index (κ1) is 8.52. The second-order valence-electron chi connectivity index (χ2n) is 2.66. The largest absolute Gasteiger partial charge is 0.372 e. The molecule has 0 radical (unpaired) electrons. The summed E-state index contributed by atoms with van der Waals surface area (Å²) in [6.45, 7) is 1.58. The summed E-state index contributed by atoms with van der Waals surface area (Å²) in [5, 5.41) is 17.2. The van der Waals surface area contributed by atoms with E-state index in [0.717, 1.165) is 0 Å². The van der Waals surface area contributed by atoms with E-state index in [2.05, 4.69) is 15.6 Å². The molecule has 1 aromatic heterocycles. The number of aliphatic hydroxyl groups excluding tert-OH is 1. The van der Waals surface area contributed by atoms with Crippen LogP contribution in [0.25, 0.3) is 0 Å². The fourth-order valence-corrected chi connectivity index (χ4v) is 1.75. The Morgan fingerprint density at radius 2 is 2.46 bits per heavy atom. The van der Waals surface area contributed by atoms with E-state index in [-0.39, 0.29) is 5.56 Å². The highest BCUT2D eigenvalue weighted by molar-refractivity contribution is 7.99. The minimum atomic E-state index is -0.709. The maximum Gasteiger partial charge on any atom is 0.294 e.